The number of fused-ring (bicyclic) bond motifs is 1. The van der Waals surface area contributed by atoms with E-state index >= 15 is 0 Å². The minimum absolute atomic E-state index is 0.185. The molecule has 0 unspecified atom stereocenters. The molecule has 1 aromatic heterocycles. The molecule has 3 amide bonds. The van der Waals surface area contributed by atoms with E-state index in [0.29, 0.717) is 35.8 Å². The molecule has 0 saturated carbocycles. The molecule has 6 nitrogen and oxygen atoms in total. The van der Waals surface area contributed by atoms with Crippen molar-refractivity contribution < 1.29 is 9.59 Å². The van der Waals surface area contributed by atoms with E-state index in [0.717, 1.165) is 33.3 Å². The highest BCUT2D eigenvalue weighted by molar-refractivity contribution is 7.99. The highest BCUT2D eigenvalue weighted by Gasteiger charge is 2.26. The highest BCUT2D eigenvalue weighted by atomic mass is 35.5. The minimum Gasteiger partial charge on any atom is -0.352 e. The zero-order chi connectivity index (χ0) is 23.4. The van der Waals surface area contributed by atoms with E-state index < -0.39 is 0 Å². The van der Waals surface area contributed by atoms with Crippen molar-refractivity contribution in [1.29, 1.82) is 0 Å². The molecule has 1 aliphatic heterocycles. The number of halogens is 1. The van der Waals surface area contributed by atoms with Crippen molar-refractivity contribution in [3.8, 4) is 0 Å². The number of thioether (sulfide) groups is 1. The van der Waals surface area contributed by atoms with E-state index in [1.807, 2.05) is 44.2 Å². The average Bonchev–Trinajstić information content (AvgIpc) is 2.80. The van der Waals surface area contributed by atoms with Gasteiger partial charge in [-0.15, -0.1) is 11.8 Å². The van der Waals surface area contributed by atoms with Gasteiger partial charge >= 0.3 is 6.03 Å². The maximum absolute atomic E-state index is 13.1. The highest BCUT2D eigenvalue weighted by Crippen LogP contribution is 2.36. The molecule has 3 aromatic rings. The summed E-state index contributed by atoms with van der Waals surface area (Å²) in [5, 5.41) is 7.43. The van der Waals surface area contributed by atoms with Crippen LogP contribution in [-0.2, 0) is 6.42 Å². The first-order valence-corrected chi connectivity index (χ1v) is 12.1. The van der Waals surface area contributed by atoms with Crippen LogP contribution in [0.5, 0.6) is 0 Å². The van der Waals surface area contributed by atoms with E-state index in [1.165, 1.54) is 0 Å². The van der Waals surface area contributed by atoms with Crippen LogP contribution in [0, 0.1) is 13.8 Å². The molecule has 0 radical (unpaired) electrons. The Morgan fingerprint density at radius 2 is 1.91 bits per heavy atom. The standard InChI is InChI=1S/C25H25ClN4O2S/c1-16-14-17(2)28-24-22(16)30(12-13-33-24)25(32)29-21-5-3-4-19(15-21)23(31)27-11-10-18-6-8-20(26)9-7-18/h3-9,14-15H,10-13H2,1-2H3,(H,27,31)(H,29,32). The molecule has 4 rings (SSSR count). The number of carbonyl (C=O) groups is 2. The van der Waals surface area contributed by atoms with E-state index in [9.17, 15) is 9.59 Å². The number of amides is 3. The Balaban J connectivity index is 1.40. The summed E-state index contributed by atoms with van der Waals surface area (Å²) in [6.45, 7) is 5.05. The van der Waals surface area contributed by atoms with Gasteiger partial charge in [0.2, 0.25) is 0 Å². The summed E-state index contributed by atoms with van der Waals surface area (Å²) in [6, 6.07) is 16.3. The number of nitrogens with zero attached hydrogens (tertiary/aromatic N) is 2. The molecule has 8 heteroatoms. The van der Waals surface area contributed by atoms with Gasteiger partial charge in [-0.05, 0) is 67.8 Å². The second-order valence-corrected chi connectivity index (χ2v) is 9.40. The first-order chi connectivity index (χ1) is 15.9. The lowest BCUT2D eigenvalue weighted by Gasteiger charge is -2.30. The first-order valence-electron chi connectivity index (χ1n) is 10.7. The van der Waals surface area contributed by atoms with E-state index in [4.69, 9.17) is 11.6 Å². The third-order valence-electron chi connectivity index (χ3n) is 5.34. The zero-order valence-electron chi connectivity index (χ0n) is 18.5. The van der Waals surface area contributed by atoms with Crippen molar-refractivity contribution in [3.63, 3.8) is 0 Å². The van der Waals surface area contributed by atoms with Crippen molar-refractivity contribution in [2.75, 3.05) is 29.1 Å². The van der Waals surface area contributed by atoms with E-state index in [1.54, 1.807) is 40.9 Å². The predicted molar refractivity (Wildman–Crippen MR) is 135 cm³/mol. The van der Waals surface area contributed by atoms with Gasteiger partial charge in [-0.3, -0.25) is 9.69 Å². The third kappa shape index (κ3) is 5.67. The first kappa shape index (κ1) is 23.1. The largest absolute Gasteiger partial charge is 0.352 e. The van der Waals surface area contributed by atoms with Crippen LogP contribution >= 0.6 is 23.4 Å². The lowest BCUT2D eigenvalue weighted by Crippen LogP contribution is -2.39. The Labute approximate surface area is 202 Å². The number of hydrogen-bond donors (Lipinski definition) is 2. The zero-order valence-corrected chi connectivity index (χ0v) is 20.1. The van der Waals surface area contributed by atoms with Crippen molar-refractivity contribution in [2.45, 2.75) is 25.3 Å². The number of nitrogens with one attached hydrogen (secondary N) is 2. The maximum Gasteiger partial charge on any atom is 0.326 e. The summed E-state index contributed by atoms with van der Waals surface area (Å²) >= 11 is 7.57. The molecular formula is C25H25ClN4O2S. The lowest BCUT2D eigenvalue weighted by atomic mass is 10.1. The minimum atomic E-state index is -0.231. The molecule has 0 spiro atoms. The van der Waals surface area contributed by atoms with Gasteiger partial charge in [0, 0.05) is 40.8 Å². The van der Waals surface area contributed by atoms with Crippen LogP contribution in [0.4, 0.5) is 16.2 Å². The number of aryl methyl sites for hydroxylation is 2. The molecule has 170 valence electrons. The molecule has 2 aromatic carbocycles. The van der Waals surface area contributed by atoms with Crippen LogP contribution in [0.15, 0.2) is 59.6 Å². The van der Waals surface area contributed by atoms with Crippen molar-refractivity contribution in [2.24, 2.45) is 0 Å². The van der Waals surface area contributed by atoms with Crippen LogP contribution in [0.1, 0.15) is 27.2 Å². The van der Waals surface area contributed by atoms with Gasteiger partial charge in [0.25, 0.3) is 5.91 Å². The molecular weight excluding hydrogens is 456 g/mol. The number of rotatable bonds is 5. The van der Waals surface area contributed by atoms with Gasteiger partial charge in [0.1, 0.15) is 5.03 Å². The van der Waals surface area contributed by atoms with Gasteiger partial charge in [-0.2, -0.15) is 0 Å². The normalized spacial score (nSPS) is 12.8. The molecule has 0 fully saturated rings. The van der Waals surface area contributed by atoms with Gasteiger partial charge < -0.3 is 10.6 Å². The Morgan fingerprint density at radius 1 is 1.12 bits per heavy atom. The quantitative estimate of drug-likeness (QED) is 0.508. The summed E-state index contributed by atoms with van der Waals surface area (Å²) in [4.78, 5) is 32.0. The van der Waals surface area contributed by atoms with Crippen LogP contribution in [0.3, 0.4) is 0 Å². The number of benzene rings is 2. The van der Waals surface area contributed by atoms with Gasteiger partial charge in [0.15, 0.2) is 0 Å². The van der Waals surface area contributed by atoms with Crippen molar-refractivity contribution >= 4 is 46.7 Å². The molecule has 0 aliphatic carbocycles. The van der Waals surface area contributed by atoms with E-state index in [2.05, 4.69) is 15.6 Å². The van der Waals surface area contributed by atoms with E-state index in [-0.39, 0.29) is 11.9 Å². The lowest BCUT2D eigenvalue weighted by molar-refractivity contribution is 0.0954. The summed E-state index contributed by atoms with van der Waals surface area (Å²) in [5.41, 5.74) is 4.98. The Hall–Kier alpha value is -3.03. The number of pyridine rings is 1. The smallest absolute Gasteiger partial charge is 0.326 e. The molecule has 2 heterocycles. The fourth-order valence-corrected chi connectivity index (χ4v) is 4.99. The molecule has 33 heavy (non-hydrogen) atoms. The SMILES string of the molecule is Cc1cc(C)c2c(n1)SCCN2C(=O)Nc1cccc(C(=O)NCCc2ccc(Cl)cc2)c1. The topological polar surface area (TPSA) is 74.3 Å². The van der Waals surface area contributed by atoms with Crippen LogP contribution in [-0.4, -0.2) is 35.8 Å². The van der Waals surface area contributed by atoms with Crippen LogP contribution < -0.4 is 15.5 Å². The molecule has 0 atom stereocenters. The predicted octanol–water partition coefficient (Wildman–Crippen LogP) is 5.47. The number of carbonyl (C=O) groups excluding carboxylic acids is 2. The fourth-order valence-electron chi connectivity index (χ4n) is 3.78. The second-order valence-electron chi connectivity index (χ2n) is 7.88. The number of aromatic nitrogens is 1. The molecule has 0 saturated heterocycles. The summed E-state index contributed by atoms with van der Waals surface area (Å²) < 4.78 is 0. The van der Waals surface area contributed by atoms with Crippen LogP contribution in [0.2, 0.25) is 5.02 Å². The maximum atomic E-state index is 13.1. The number of hydrogen-bond acceptors (Lipinski definition) is 4. The Kier molecular flexibility index (Phi) is 7.20. The summed E-state index contributed by atoms with van der Waals surface area (Å²) in [7, 11) is 0. The van der Waals surface area contributed by atoms with Gasteiger partial charge in [0.05, 0.1) is 5.69 Å². The summed E-state index contributed by atoms with van der Waals surface area (Å²) in [6.07, 6.45) is 0.707. The number of urea groups is 1. The number of anilines is 2. The van der Waals surface area contributed by atoms with Crippen molar-refractivity contribution in [3.05, 3.63) is 82.0 Å². The molecule has 2 N–H and O–H groups in total. The fraction of sp³-hybridized carbons (Fsp3) is 0.240. The molecule has 1 aliphatic rings. The Morgan fingerprint density at radius 3 is 2.70 bits per heavy atom. The van der Waals surface area contributed by atoms with Crippen molar-refractivity contribution in [1.82, 2.24) is 10.3 Å². The monoisotopic (exact) mass is 480 g/mol. The molecule has 0 bridgehead atoms. The summed E-state index contributed by atoms with van der Waals surface area (Å²) in [5.74, 6) is 0.599. The van der Waals surface area contributed by atoms with Gasteiger partial charge in [-0.25, -0.2) is 9.78 Å². The third-order valence-corrected chi connectivity index (χ3v) is 6.53. The Bertz CT molecular complexity index is 1180. The average molecular weight is 481 g/mol. The van der Waals surface area contributed by atoms with Gasteiger partial charge in [-0.1, -0.05) is 29.8 Å². The van der Waals surface area contributed by atoms with Crippen LogP contribution in [0.25, 0.3) is 0 Å². The second kappa shape index (κ2) is 10.3.